The lowest BCUT2D eigenvalue weighted by molar-refractivity contribution is -0.0800. The molecule has 0 radical (unpaired) electrons. The first-order chi connectivity index (χ1) is 9.24. The summed E-state index contributed by atoms with van der Waals surface area (Å²) in [5, 5.41) is 0. The Morgan fingerprint density at radius 2 is 2.00 bits per heavy atom. The second-order valence-corrected chi connectivity index (χ2v) is 6.50. The highest BCUT2D eigenvalue weighted by atomic mass is 16.5. The fourth-order valence-corrected chi connectivity index (χ4v) is 3.97. The lowest BCUT2D eigenvalue weighted by atomic mass is 9.81. The number of nitrogens with zero attached hydrogens (tertiary/aromatic N) is 1. The Morgan fingerprint density at radius 3 is 2.58 bits per heavy atom. The van der Waals surface area contributed by atoms with Crippen molar-refractivity contribution >= 4 is 0 Å². The largest absolute Gasteiger partial charge is 0.378 e. The van der Waals surface area contributed by atoms with Gasteiger partial charge in [0.05, 0.1) is 6.10 Å². The third-order valence-electron chi connectivity index (χ3n) is 5.35. The standard InChI is InChI=1S/C16H32N2O/c1-3-5-14-6-9-18(10-7-14)16(13-17)8-11-19-15(4-2)12-16/h14-15H,3-13,17H2,1-2H3. The van der Waals surface area contributed by atoms with Crippen LogP contribution in [0.4, 0.5) is 0 Å². The van der Waals surface area contributed by atoms with Crippen LogP contribution in [-0.2, 0) is 4.74 Å². The quantitative estimate of drug-likeness (QED) is 0.833. The third-order valence-corrected chi connectivity index (χ3v) is 5.35. The molecule has 2 rings (SSSR count). The first-order valence-electron chi connectivity index (χ1n) is 8.30. The van der Waals surface area contributed by atoms with E-state index in [1.165, 1.54) is 38.8 Å². The van der Waals surface area contributed by atoms with Crippen molar-refractivity contribution in [2.24, 2.45) is 11.7 Å². The van der Waals surface area contributed by atoms with Gasteiger partial charge in [0.15, 0.2) is 0 Å². The van der Waals surface area contributed by atoms with E-state index in [0.717, 1.165) is 38.3 Å². The van der Waals surface area contributed by atoms with Gasteiger partial charge in [0, 0.05) is 18.7 Å². The molecule has 19 heavy (non-hydrogen) atoms. The van der Waals surface area contributed by atoms with E-state index in [2.05, 4.69) is 18.7 Å². The van der Waals surface area contributed by atoms with Gasteiger partial charge in [0.25, 0.3) is 0 Å². The smallest absolute Gasteiger partial charge is 0.0590 e. The Kier molecular flexibility index (Phi) is 5.67. The minimum Gasteiger partial charge on any atom is -0.378 e. The topological polar surface area (TPSA) is 38.5 Å². The third kappa shape index (κ3) is 3.50. The molecule has 2 fully saturated rings. The molecule has 2 heterocycles. The molecular formula is C16H32N2O. The normalized spacial score (nSPS) is 34.6. The van der Waals surface area contributed by atoms with Crippen LogP contribution in [0.3, 0.4) is 0 Å². The molecule has 0 bridgehead atoms. The van der Waals surface area contributed by atoms with E-state index < -0.39 is 0 Å². The molecule has 0 aromatic carbocycles. The van der Waals surface area contributed by atoms with Gasteiger partial charge in [0.1, 0.15) is 0 Å². The van der Waals surface area contributed by atoms with E-state index in [9.17, 15) is 0 Å². The molecule has 112 valence electrons. The van der Waals surface area contributed by atoms with E-state index in [1.54, 1.807) is 0 Å². The molecule has 2 saturated heterocycles. The predicted octanol–water partition coefficient (Wildman–Crippen LogP) is 2.79. The van der Waals surface area contributed by atoms with Crippen LogP contribution in [0.2, 0.25) is 0 Å². The molecule has 0 spiro atoms. The van der Waals surface area contributed by atoms with Crippen LogP contribution in [0.15, 0.2) is 0 Å². The van der Waals surface area contributed by atoms with Gasteiger partial charge in [-0.05, 0) is 51.1 Å². The maximum absolute atomic E-state index is 6.18. The second-order valence-electron chi connectivity index (χ2n) is 6.50. The lowest BCUT2D eigenvalue weighted by Crippen LogP contribution is -2.60. The summed E-state index contributed by atoms with van der Waals surface area (Å²) in [6, 6.07) is 0. The van der Waals surface area contributed by atoms with Crippen LogP contribution in [0.1, 0.15) is 58.8 Å². The average molecular weight is 268 g/mol. The molecule has 0 aromatic rings. The van der Waals surface area contributed by atoms with Gasteiger partial charge in [-0.2, -0.15) is 0 Å². The van der Waals surface area contributed by atoms with Gasteiger partial charge in [-0.25, -0.2) is 0 Å². The van der Waals surface area contributed by atoms with E-state index in [-0.39, 0.29) is 5.54 Å². The second kappa shape index (κ2) is 7.05. The van der Waals surface area contributed by atoms with Gasteiger partial charge in [-0.1, -0.05) is 26.7 Å². The Labute approximate surface area is 118 Å². The highest BCUT2D eigenvalue weighted by Gasteiger charge is 2.41. The van der Waals surface area contributed by atoms with Crippen molar-refractivity contribution in [3.63, 3.8) is 0 Å². The minimum atomic E-state index is 0.232. The molecule has 2 unspecified atom stereocenters. The van der Waals surface area contributed by atoms with Gasteiger partial charge < -0.3 is 10.5 Å². The zero-order chi connectivity index (χ0) is 13.7. The zero-order valence-corrected chi connectivity index (χ0v) is 12.9. The highest BCUT2D eigenvalue weighted by molar-refractivity contribution is 4.97. The van der Waals surface area contributed by atoms with Crippen molar-refractivity contribution in [3.8, 4) is 0 Å². The molecule has 2 N–H and O–H groups in total. The van der Waals surface area contributed by atoms with Crippen LogP contribution in [0.5, 0.6) is 0 Å². The maximum atomic E-state index is 6.18. The Hall–Kier alpha value is -0.120. The van der Waals surface area contributed by atoms with Crippen molar-refractivity contribution in [1.29, 1.82) is 0 Å². The van der Waals surface area contributed by atoms with Crippen LogP contribution in [0.25, 0.3) is 0 Å². The van der Waals surface area contributed by atoms with Crippen LogP contribution >= 0.6 is 0 Å². The molecule has 0 amide bonds. The van der Waals surface area contributed by atoms with Gasteiger partial charge in [0.2, 0.25) is 0 Å². The summed E-state index contributed by atoms with van der Waals surface area (Å²) in [5.41, 5.74) is 6.41. The fraction of sp³-hybridized carbons (Fsp3) is 1.00. The monoisotopic (exact) mass is 268 g/mol. The highest BCUT2D eigenvalue weighted by Crippen LogP contribution is 2.35. The van der Waals surface area contributed by atoms with Crippen molar-refractivity contribution < 1.29 is 4.74 Å². The SMILES string of the molecule is CCCC1CCN(C2(CN)CCOC(CC)C2)CC1. The first-order valence-corrected chi connectivity index (χ1v) is 8.30. The number of hydrogen-bond donors (Lipinski definition) is 1. The van der Waals surface area contributed by atoms with E-state index in [1.807, 2.05) is 0 Å². The maximum Gasteiger partial charge on any atom is 0.0590 e. The van der Waals surface area contributed by atoms with E-state index in [0.29, 0.717) is 6.10 Å². The summed E-state index contributed by atoms with van der Waals surface area (Å²) < 4.78 is 5.85. The Bertz CT molecular complexity index is 263. The van der Waals surface area contributed by atoms with Gasteiger partial charge >= 0.3 is 0 Å². The van der Waals surface area contributed by atoms with Crippen LogP contribution < -0.4 is 5.73 Å². The van der Waals surface area contributed by atoms with E-state index in [4.69, 9.17) is 10.5 Å². The number of likely N-dealkylation sites (tertiary alicyclic amines) is 1. The predicted molar refractivity (Wildman–Crippen MR) is 80.3 cm³/mol. The summed E-state index contributed by atoms with van der Waals surface area (Å²) in [5.74, 6) is 0.956. The summed E-state index contributed by atoms with van der Waals surface area (Å²) in [6.45, 7) is 8.72. The molecular weight excluding hydrogens is 236 g/mol. The molecule has 2 aliphatic rings. The first kappa shape index (κ1) is 15.3. The molecule has 0 aromatic heterocycles. The number of rotatable bonds is 5. The summed E-state index contributed by atoms with van der Waals surface area (Å²) in [4.78, 5) is 2.70. The lowest BCUT2D eigenvalue weighted by Gasteiger charge is -2.50. The Balaban J connectivity index is 1.94. The number of hydrogen-bond acceptors (Lipinski definition) is 3. The molecule has 3 nitrogen and oxygen atoms in total. The van der Waals surface area contributed by atoms with Crippen molar-refractivity contribution in [2.45, 2.75) is 70.4 Å². The van der Waals surface area contributed by atoms with Crippen molar-refractivity contribution in [2.75, 3.05) is 26.2 Å². The van der Waals surface area contributed by atoms with Crippen LogP contribution in [0, 0.1) is 5.92 Å². The number of nitrogens with two attached hydrogens (primary N) is 1. The summed E-state index contributed by atoms with van der Waals surface area (Å²) >= 11 is 0. The summed E-state index contributed by atoms with van der Waals surface area (Å²) in [7, 11) is 0. The van der Waals surface area contributed by atoms with Gasteiger partial charge in [-0.15, -0.1) is 0 Å². The zero-order valence-electron chi connectivity index (χ0n) is 12.9. The van der Waals surface area contributed by atoms with Crippen LogP contribution in [-0.4, -0.2) is 42.8 Å². The molecule has 2 atom stereocenters. The summed E-state index contributed by atoms with van der Waals surface area (Å²) in [6.07, 6.45) is 9.28. The van der Waals surface area contributed by atoms with E-state index >= 15 is 0 Å². The Morgan fingerprint density at radius 1 is 1.26 bits per heavy atom. The fourth-order valence-electron chi connectivity index (χ4n) is 3.97. The number of piperidine rings is 1. The van der Waals surface area contributed by atoms with Gasteiger partial charge in [-0.3, -0.25) is 4.90 Å². The minimum absolute atomic E-state index is 0.232. The molecule has 3 heteroatoms. The molecule has 0 aliphatic carbocycles. The van der Waals surface area contributed by atoms with Crippen molar-refractivity contribution in [3.05, 3.63) is 0 Å². The average Bonchev–Trinajstić information content (AvgIpc) is 2.48. The molecule has 0 saturated carbocycles. The number of ether oxygens (including phenoxy) is 1. The van der Waals surface area contributed by atoms with Crippen molar-refractivity contribution in [1.82, 2.24) is 4.90 Å². The molecule has 2 aliphatic heterocycles.